The van der Waals surface area contributed by atoms with E-state index < -0.39 is 8.07 Å². The van der Waals surface area contributed by atoms with Crippen LogP contribution >= 0.6 is 0 Å². The Morgan fingerprint density at radius 3 is 2.30 bits per heavy atom. The van der Waals surface area contributed by atoms with Crippen LogP contribution in [0, 0.1) is 0 Å². The monoisotopic (exact) mass is 157 g/mol. The Bertz CT molecular complexity index is 144. The van der Waals surface area contributed by atoms with Crippen molar-refractivity contribution in [3.05, 3.63) is 10.4 Å². The Morgan fingerprint density at radius 1 is 1.50 bits per heavy atom. The highest BCUT2D eigenvalue weighted by atomic mass is 28.3. The second kappa shape index (κ2) is 3.64. The summed E-state index contributed by atoms with van der Waals surface area (Å²) in [6, 6.07) is 1.26. The lowest BCUT2D eigenvalue weighted by atomic mass is 10.4. The molecule has 0 N–H and O–H groups in total. The number of rotatable bonds is 3. The van der Waals surface area contributed by atoms with E-state index >= 15 is 0 Å². The van der Waals surface area contributed by atoms with Crippen LogP contribution < -0.4 is 0 Å². The third-order valence-corrected chi connectivity index (χ3v) is 2.97. The molecule has 1 atom stereocenters. The number of hydrogen-bond donors (Lipinski definition) is 0. The van der Waals surface area contributed by atoms with Crippen LogP contribution in [0.1, 0.15) is 6.92 Å². The Morgan fingerprint density at radius 2 is 2.00 bits per heavy atom. The van der Waals surface area contributed by atoms with Gasteiger partial charge < -0.3 is 0 Å². The van der Waals surface area contributed by atoms with E-state index in [9.17, 15) is 0 Å². The molecule has 0 fully saturated rings. The SMILES string of the molecule is CC(C[Si](C)(C)C)N=[N+]=[N-]. The van der Waals surface area contributed by atoms with E-state index in [1.54, 1.807) is 0 Å². The molecule has 0 aliphatic carbocycles. The Hall–Kier alpha value is -0.473. The third-order valence-electron chi connectivity index (χ3n) is 1.16. The first kappa shape index (κ1) is 9.53. The van der Waals surface area contributed by atoms with Gasteiger partial charge in [-0.05, 0) is 11.6 Å². The molecule has 0 aromatic carbocycles. The summed E-state index contributed by atoms with van der Waals surface area (Å²) in [5, 5.41) is 3.63. The van der Waals surface area contributed by atoms with Crippen molar-refractivity contribution >= 4 is 8.07 Å². The molecule has 0 aliphatic heterocycles. The van der Waals surface area contributed by atoms with Gasteiger partial charge in [-0.1, -0.05) is 31.7 Å². The van der Waals surface area contributed by atoms with Gasteiger partial charge in [-0.15, -0.1) is 0 Å². The lowest BCUT2D eigenvalue weighted by Crippen LogP contribution is -2.23. The average molecular weight is 157 g/mol. The molecular formula is C6H15N3Si. The third kappa shape index (κ3) is 5.66. The van der Waals surface area contributed by atoms with Gasteiger partial charge in [0.05, 0.1) is 0 Å². The number of hydrogen-bond acceptors (Lipinski definition) is 1. The molecule has 1 unspecified atom stereocenters. The van der Waals surface area contributed by atoms with Gasteiger partial charge in [-0.25, -0.2) is 0 Å². The summed E-state index contributed by atoms with van der Waals surface area (Å²) in [7, 11) is -1.02. The summed E-state index contributed by atoms with van der Waals surface area (Å²) < 4.78 is 0. The van der Waals surface area contributed by atoms with Crippen molar-refractivity contribution in [3.63, 3.8) is 0 Å². The zero-order chi connectivity index (χ0) is 8.20. The van der Waals surface area contributed by atoms with Gasteiger partial charge in [-0.2, -0.15) is 0 Å². The molecule has 0 heterocycles. The molecule has 0 bridgehead atoms. The maximum Gasteiger partial charge on any atom is 0.0446 e. The first-order valence-corrected chi connectivity index (χ1v) is 7.20. The highest BCUT2D eigenvalue weighted by molar-refractivity contribution is 6.76. The van der Waals surface area contributed by atoms with Gasteiger partial charge in [0.15, 0.2) is 0 Å². The minimum atomic E-state index is -1.02. The lowest BCUT2D eigenvalue weighted by Gasteiger charge is -2.17. The van der Waals surface area contributed by atoms with E-state index in [2.05, 4.69) is 29.7 Å². The summed E-state index contributed by atoms with van der Waals surface area (Å²) in [5.41, 5.74) is 8.11. The molecule has 0 aliphatic rings. The van der Waals surface area contributed by atoms with Gasteiger partial charge in [0.25, 0.3) is 0 Å². The fourth-order valence-corrected chi connectivity index (χ4v) is 2.87. The standard InChI is InChI=1S/C6H15N3Si/c1-6(8-9-7)5-10(2,3)4/h6H,5H2,1-4H3. The topological polar surface area (TPSA) is 48.8 Å². The van der Waals surface area contributed by atoms with E-state index in [0.29, 0.717) is 0 Å². The van der Waals surface area contributed by atoms with Gasteiger partial charge in [0.1, 0.15) is 0 Å². The summed E-state index contributed by atoms with van der Waals surface area (Å²) in [6.07, 6.45) is 0. The van der Waals surface area contributed by atoms with Gasteiger partial charge in [0.2, 0.25) is 0 Å². The van der Waals surface area contributed by atoms with Crippen LogP contribution in [0.5, 0.6) is 0 Å². The van der Waals surface area contributed by atoms with Crippen LogP contribution in [0.15, 0.2) is 5.11 Å². The molecule has 0 saturated carbocycles. The van der Waals surface area contributed by atoms with Crippen LogP contribution in [0.25, 0.3) is 10.4 Å². The number of nitrogens with zero attached hydrogens (tertiary/aromatic N) is 3. The molecule has 0 spiro atoms. The lowest BCUT2D eigenvalue weighted by molar-refractivity contribution is 0.806. The van der Waals surface area contributed by atoms with Gasteiger partial charge in [-0.3, -0.25) is 0 Å². The van der Waals surface area contributed by atoms with Crippen molar-refractivity contribution in [1.82, 2.24) is 0 Å². The molecule has 3 nitrogen and oxygen atoms in total. The highest BCUT2D eigenvalue weighted by Gasteiger charge is 2.15. The van der Waals surface area contributed by atoms with Crippen LogP contribution in [-0.4, -0.2) is 14.1 Å². The van der Waals surface area contributed by atoms with E-state index in [-0.39, 0.29) is 6.04 Å². The molecule has 4 heteroatoms. The van der Waals surface area contributed by atoms with Crippen LogP contribution in [0.4, 0.5) is 0 Å². The van der Waals surface area contributed by atoms with Crippen LogP contribution in [0.3, 0.4) is 0 Å². The Labute approximate surface area is 63.1 Å². The second-order valence-corrected chi connectivity index (χ2v) is 9.35. The molecule has 0 saturated heterocycles. The van der Waals surface area contributed by atoms with Crippen LogP contribution in [0.2, 0.25) is 25.7 Å². The van der Waals surface area contributed by atoms with Gasteiger partial charge >= 0.3 is 0 Å². The zero-order valence-corrected chi connectivity index (χ0v) is 8.13. The Balaban J connectivity index is 3.79. The minimum absolute atomic E-state index is 0.177. The maximum atomic E-state index is 8.11. The molecule has 10 heavy (non-hydrogen) atoms. The number of azide groups is 1. The van der Waals surface area contributed by atoms with E-state index in [4.69, 9.17) is 5.53 Å². The summed E-state index contributed by atoms with van der Waals surface area (Å²) >= 11 is 0. The molecule has 58 valence electrons. The van der Waals surface area contributed by atoms with Crippen molar-refractivity contribution < 1.29 is 0 Å². The quantitative estimate of drug-likeness (QED) is 0.262. The predicted octanol–water partition coefficient (Wildman–Crippen LogP) is 3.02. The maximum absolute atomic E-state index is 8.11. The largest absolute Gasteiger partial charge is 0.0912 e. The summed E-state index contributed by atoms with van der Waals surface area (Å²) in [5.74, 6) is 0. The van der Waals surface area contributed by atoms with Crippen molar-refractivity contribution in [2.75, 3.05) is 0 Å². The highest BCUT2D eigenvalue weighted by Crippen LogP contribution is 2.13. The van der Waals surface area contributed by atoms with E-state index in [1.807, 2.05) is 6.92 Å². The van der Waals surface area contributed by atoms with Gasteiger partial charge in [0, 0.05) is 19.0 Å². The van der Waals surface area contributed by atoms with Crippen molar-refractivity contribution in [1.29, 1.82) is 0 Å². The van der Waals surface area contributed by atoms with E-state index in [0.717, 1.165) is 6.04 Å². The smallest absolute Gasteiger partial charge is 0.0446 e. The summed E-state index contributed by atoms with van der Waals surface area (Å²) in [6.45, 7) is 8.79. The fourth-order valence-electron chi connectivity index (χ4n) is 1.02. The molecule has 0 rings (SSSR count). The second-order valence-electron chi connectivity index (χ2n) is 3.82. The normalized spacial score (nSPS) is 14.0. The van der Waals surface area contributed by atoms with Crippen molar-refractivity contribution in [3.8, 4) is 0 Å². The van der Waals surface area contributed by atoms with Crippen molar-refractivity contribution in [2.24, 2.45) is 5.11 Å². The van der Waals surface area contributed by atoms with E-state index in [1.165, 1.54) is 0 Å². The van der Waals surface area contributed by atoms with Crippen molar-refractivity contribution in [2.45, 2.75) is 38.7 Å². The minimum Gasteiger partial charge on any atom is -0.0912 e. The first-order valence-electron chi connectivity index (χ1n) is 3.50. The molecule has 0 radical (unpaired) electrons. The van der Waals surface area contributed by atoms with Crippen LogP contribution in [-0.2, 0) is 0 Å². The fraction of sp³-hybridized carbons (Fsp3) is 1.00. The zero-order valence-electron chi connectivity index (χ0n) is 7.13. The molecule has 0 aromatic rings. The first-order chi connectivity index (χ1) is 4.45. The average Bonchev–Trinajstić information content (AvgIpc) is 1.59. The predicted molar refractivity (Wildman–Crippen MR) is 46.8 cm³/mol. The molecule has 0 amide bonds. The Kier molecular flexibility index (Phi) is 3.46. The summed E-state index contributed by atoms with van der Waals surface area (Å²) in [4.78, 5) is 2.77. The molecular weight excluding hydrogens is 142 g/mol. The molecule has 0 aromatic heterocycles.